The molecule has 0 aliphatic rings. The van der Waals surface area contributed by atoms with Crippen LogP contribution >= 0.6 is 0 Å². The second-order valence-electron chi connectivity index (χ2n) is 3.33. The van der Waals surface area contributed by atoms with Crippen LogP contribution in [0, 0.1) is 0 Å². The van der Waals surface area contributed by atoms with E-state index < -0.39 is 10.2 Å². The minimum atomic E-state index is -3.26. The van der Waals surface area contributed by atoms with E-state index in [2.05, 4.69) is 0 Å². The summed E-state index contributed by atoms with van der Waals surface area (Å²) in [7, 11) is -0.178. The van der Waals surface area contributed by atoms with Crippen LogP contribution in [0.2, 0.25) is 0 Å². The van der Waals surface area contributed by atoms with Crippen molar-refractivity contribution < 1.29 is 8.42 Å². The van der Waals surface area contributed by atoms with Crippen molar-refractivity contribution in [3.63, 3.8) is 0 Å². The Labute approximate surface area is 87.0 Å². The van der Waals surface area contributed by atoms with E-state index in [0.717, 1.165) is 6.42 Å². The minimum Gasteiger partial charge on any atom is -0.330 e. The molecule has 5 nitrogen and oxygen atoms in total. The van der Waals surface area contributed by atoms with E-state index in [4.69, 9.17) is 5.73 Å². The van der Waals surface area contributed by atoms with Gasteiger partial charge in [0.05, 0.1) is 0 Å². The van der Waals surface area contributed by atoms with Gasteiger partial charge in [0.1, 0.15) is 0 Å². The lowest BCUT2D eigenvalue weighted by Gasteiger charge is -2.24. The second kappa shape index (κ2) is 6.34. The maximum absolute atomic E-state index is 11.7. The van der Waals surface area contributed by atoms with E-state index in [-0.39, 0.29) is 0 Å². The molecule has 14 heavy (non-hydrogen) atoms. The number of hydrogen-bond acceptors (Lipinski definition) is 3. The van der Waals surface area contributed by atoms with E-state index >= 15 is 0 Å². The fourth-order valence-electron chi connectivity index (χ4n) is 1.09. The Morgan fingerprint density at radius 2 is 1.79 bits per heavy atom. The Kier molecular flexibility index (Phi) is 6.26. The fraction of sp³-hybridized carbons (Fsp3) is 1.00. The molecule has 0 aromatic heterocycles. The van der Waals surface area contributed by atoms with Crippen molar-refractivity contribution in [2.45, 2.75) is 19.8 Å². The van der Waals surface area contributed by atoms with Gasteiger partial charge in [0.15, 0.2) is 0 Å². The molecule has 0 radical (unpaired) electrons. The van der Waals surface area contributed by atoms with Gasteiger partial charge in [-0.1, -0.05) is 6.92 Å². The molecule has 6 heteroatoms. The Balaban J connectivity index is 4.47. The highest BCUT2D eigenvalue weighted by molar-refractivity contribution is 7.86. The highest BCUT2D eigenvalue weighted by atomic mass is 32.2. The Hall–Kier alpha value is -0.170. The molecule has 0 saturated heterocycles. The molecule has 86 valence electrons. The number of nitrogens with two attached hydrogens (primary N) is 1. The minimum absolute atomic E-state index is 0.505. The number of rotatable bonds is 7. The third kappa shape index (κ3) is 3.91. The Bertz CT molecular complexity index is 239. The smallest absolute Gasteiger partial charge is 0.281 e. The zero-order valence-corrected chi connectivity index (χ0v) is 10.0. The van der Waals surface area contributed by atoms with Crippen LogP contribution < -0.4 is 5.73 Å². The number of nitrogens with zero attached hydrogens (tertiary/aromatic N) is 2. The predicted molar refractivity (Wildman–Crippen MR) is 58.1 cm³/mol. The molecule has 0 fully saturated rings. The van der Waals surface area contributed by atoms with E-state index in [1.165, 1.54) is 8.61 Å². The summed E-state index contributed by atoms with van der Waals surface area (Å²) in [6.45, 7) is 3.54. The second-order valence-corrected chi connectivity index (χ2v) is 5.47. The highest BCUT2D eigenvalue weighted by Gasteiger charge is 2.22. The van der Waals surface area contributed by atoms with Crippen LogP contribution in [0.15, 0.2) is 0 Å². The van der Waals surface area contributed by atoms with Gasteiger partial charge in [0.2, 0.25) is 0 Å². The Morgan fingerprint density at radius 3 is 2.14 bits per heavy atom. The van der Waals surface area contributed by atoms with Crippen molar-refractivity contribution in [1.82, 2.24) is 8.61 Å². The lowest BCUT2D eigenvalue weighted by Crippen LogP contribution is -2.41. The Morgan fingerprint density at radius 1 is 1.21 bits per heavy atom. The summed E-state index contributed by atoms with van der Waals surface area (Å²) in [6.07, 6.45) is 1.52. The van der Waals surface area contributed by atoms with Crippen LogP contribution in [-0.2, 0) is 10.2 Å². The first-order chi connectivity index (χ1) is 6.46. The molecule has 0 atom stereocenters. The molecule has 0 rings (SSSR count). The average molecular weight is 223 g/mol. The predicted octanol–water partition coefficient (Wildman–Crippen LogP) is -0.146. The van der Waals surface area contributed by atoms with Crippen LogP contribution in [0.3, 0.4) is 0 Å². The summed E-state index contributed by atoms with van der Waals surface area (Å²) in [6, 6.07) is 0. The molecule has 0 aromatic rings. The van der Waals surface area contributed by atoms with E-state index in [1.807, 2.05) is 6.92 Å². The van der Waals surface area contributed by atoms with Crippen LogP contribution in [0.25, 0.3) is 0 Å². The summed E-state index contributed by atoms with van der Waals surface area (Å²) in [5.74, 6) is 0. The average Bonchev–Trinajstić information content (AvgIpc) is 2.11. The third-order valence-electron chi connectivity index (χ3n) is 1.87. The number of hydrogen-bond donors (Lipinski definition) is 1. The molecular weight excluding hydrogens is 202 g/mol. The summed E-state index contributed by atoms with van der Waals surface area (Å²) < 4.78 is 26.2. The molecule has 0 unspecified atom stereocenters. The van der Waals surface area contributed by atoms with Crippen molar-refractivity contribution >= 4 is 10.2 Å². The molecule has 0 heterocycles. The van der Waals surface area contributed by atoms with Gasteiger partial charge >= 0.3 is 0 Å². The largest absolute Gasteiger partial charge is 0.330 e. The van der Waals surface area contributed by atoms with Crippen molar-refractivity contribution in [1.29, 1.82) is 0 Å². The molecule has 0 aromatic carbocycles. The summed E-state index contributed by atoms with van der Waals surface area (Å²) in [5.41, 5.74) is 5.36. The maximum Gasteiger partial charge on any atom is 0.281 e. The van der Waals surface area contributed by atoms with Gasteiger partial charge in [-0.3, -0.25) is 0 Å². The molecule has 0 saturated carbocycles. The standard InChI is InChI=1S/C8H21N3O2S/c1-4-7-11(8-5-6-9)14(12,13)10(2)3/h4-9H2,1-3H3. The van der Waals surface area contributed by atoms with Gasteiger partial charge < -0.3 is 5.73 Å². The zero-order valence-electron chi connectivity index (χ0n) is 9.23. The first kappa shape index (κ1) is 13.8. The molecule has 0 bridgehead atoms. The van der Waals surface area contributed by atoms with Crippen LogP contribution in [0.1, 0.15) is 19.8 Å². The van der Waals surface area contributed by atoms with E-state index in [9.17, 15) is 8.42 Å². The van der Waals surface area contributed by atoms with Gasteiger partial charge in [-0.25, -0.2) is 0 Å². The SMILES string of the molecule is CCCN(CCCN)S(=O)(=O)N(C)C. The van der Waals surface area contributed by atoms with Crippen molar-refractivity contribution in [2.24, 2.45) is 5.73 Å². The van der Waals surface area contributed by atoms with E-state index in [0.29, 0.717) is 26.1 Å². The van der Waals surface area contributed by atoms with Crippen LogP contribution in [0.5, 0.6) is 0 Å². The van der Waals surface area contributed by atoms with Crippen LogP contribution in [0.4, 0.5) is 0 Å². The van der Waals surface area contributed by atoms with Crippen molar-refractivity contribution in [3.05, 3.63) is 0 Å². The lowest BCUT2D eigenvalue weighted by molar-refractivity contribution is 0.371. The quantitative estimate of drug-likeness (QED) is 0.653. The molecule has 0 aliphatic carbocycles. The van der Waals surface area contributed by atoms with Gasteiger partial charge in [0.25, 0.3) is 10.2 Å². The van der Waals surface area contributed by atoms with Crippen molar-refractivity contribution in [3.8, 4) is 0 Å². The van der Waals surface area contributed by atoms with Gasteiger partial charge in [0, 0.05) is 27.2 Å². The maximum atomic E-state index is 11.7. The summed E-state index contributed by atoms with van der Waals surface area (Å²) in [5, 5.41) is 0. The molecular formula is C8H21N3O2S. The summed E-state index contributed by atoms with van der Waals surface area (Å²) in [4.78, 5) is 0. The topological polar surface area (TPSA) is 66.6 Å². The highest BCUT2D eigenvalue weighted by Crippen LogP contribution is 2.05. The van der Waals surface area contributed by atoms with Crippen LogP contribution in [-0.4, -0.2) is 50.8 Å². The molecule has 0 amide bonds. The lowest BCUT2D eigenvalue weighted by atomic mass is 10.4. The molecule has 0 spiro atoms. The van der Waals surface area contributed by atoms with Gasteiger partial charge in [-0.2, -0.15) is 17.0 Å². The molecule has 2 N–H and O–H groups in total. The molecule has 0 aliphatic heterocycles. The van der Waals surface area contributed by atoms with Gasteiger partial charge in [-0.15, -0.1) is 0 Å². The van der Waals surface area contributed by atoms with E-state index in [1.54, 1.807) is 14.1 Å². The third-order valence-corrected chi connectivity index (χ3v) is 3.81. The van der Waals surface area contributed by atoms with Gasteiger partial charge in [-0.05, 0) is 19.4 Å². The first-order valence-corrected chi connectivity index (χ1v) is 6.24. The normalized spacial score (nSPS) is 12.7. The zero-order chi connectivity index (χ0) is 11.2. The monoisotopic (exact) mass is 223 g/mol. The summed E-state index contributed by atoms with van der Waals surface area (Å²) >= 11 is 0. The first-order valence-electron chi connectivity index (χ1n) is 4.84. The fourth-order valence-corrected chi connectivity index (χ4v) is 2.33. The van der Waals surface area contributed by atoms with Crippen molar-refractivity contribution in [2.75, 3.05) is 33.7 Å².